The third kappa shape index (κ3) is 4.16. The predicted molar refractivity (Wildman–Crippen MR) is 112 cm³/mol. The van der Waals surface area contributed by atoms with Crippen LogP contribution < -0.4 is 20.1 Å². The van der Waals surface area contributed by atoms with Gasteiger partial charge in [-0.2, -0.15) is 9.97 Å². The molecule has 146 valence electrons. The van der Waals surface area contributed by atoms with Crippen LogP contribution in [0.25, 0.3) is 11.2 Å². The zero-order valence-corrected chi connectivity index (χ0v) is 16.1. The molecule has 0 spiro atoms. The van der Waals surface area contributed by atoms with Crippen LogP contribution in [0, 0.1) is 0 Å². The van der Waals surface area contributed by atoms with Gasteiger partial charge in [0.2, 0.25) is 5.95 Å². The minimum atomic E-state index is 0.386. The summed E-state index contributed by atoms with van der Waals surface area (Å²) in [7, 11) is 3.21. The second kappa shape index (κ2) is 8.39. The standard InChI is InChI=1S/C21H20N6O2/c1-28-15-8-9-16(17(12-15)29-2)25-21-26-19-18(22-10-11-23-19)20(27-21)24-13-14-6-4-3-5-7-14/h3-12H,13H2,1-2H3,(H2,23,24,25,26,27). The molecular formula is C21H20N6O2. The van der Waals surface area contributed by atoms with Crippen molar-refractivity contribution in [2.24, 2.45) is 0 Å². The Balaban J connectivity index is 1.66. The summed E-state index contributed by atoms with van der Waals surface area (Å²) in [6.07, 6.45) is 3.23. The van der Waals surface area contributed by atoms with E-state index in [2.05, 4.69) is 30.6 Å². The molecule has 2 N–H and O–H groups in total. The van der Waals surface area contributed by atoms with Gasteiger partial charge in [0.25, 0.3) is 0 Å². The van der Waals surface area contributed by atoms with Crippen molar-refractivity contribution in [1.82, 2.24) is 19.9 Å². The van der Waals surface area contributed by atoms with E-state index in [9.17, 15) is 0 Å². The fourth-order valence-electron chi connectivity index (χ4n) is 2.85. The maximum Gasteiger partial charge on any atom is 0.231 e. The topological polar surface area (TPSA) is 94.1 Å². The van der Waals surface area contributed by atoms with Crippen molar-refractivity contribution in [1.29, 1.82) is 0 Å². The highest BCUT2D eigenvalue weighted by molar-refractivity contribution is 5.83. The first-order valence-corrected chi connectivity index (χ1v) is 9.02. The summed E-state index contributed by atoms with van der Waals surface area (Å²) in [4.78, 5) is 17.8. The van der Waals surface area contributed by atoms with Gasteiger partial charge in [0.15, 0.2) is 17.0 Å². The van der Waals surface area contributed by atoms with E-state index in [0.29, 0.717) is 46.7 Å². The molecule has 0 saturated heterocycles. The van der Waals surface area contributed by atoms with Gasteiger partial charge in [-0.05, 0) is 17.7 Å². The number of aromatic nitrogens is 4. The highest BCUT2D eigenvalue weighted by atomic mass is 16.5. The molecule has 2 aromatic heterocycles. The lowest BCUT2D eigenvalue weighted by atomic mass is 10.2. The van der Waals surface area contributed by atoms with E-state index in [4.69, 9.17) is 9.47 Å². The third-order valence-electron chi connectivity index (χ3n) is 4.29. The molecule has 2 heterocycles. The molecule has 0 unspecified atom stereocenters. The Morgan fingerprint density at radius 1 is 0.897 bits per heavy atom. The van der Waals surface area contributed by atoms with E-state index in [1.54, 1.807) is 32.7 Å². The van der Waals surface area contributed by atoms with Crippen LogP contribution in [0.5, 0.6) is 11.5 Å². The number of ether oxygens (including phenoxy) is 2. The van der Waals surface area contributed by atoms with Crippen LogP contribution in [-0.4, -0.2) is 34.2 Å². The summed E-state index contributed by atoms with van der Waals surface area (Å²) in [5.74, 6) is 2.30. The van der Waals surface area contributed by atoms with Crippen molar-refractivity contribution in [3.05, 3.63) is 66.5 Å². The van der Waals surface area contributed by atoms with Crippen LogP contribution in [0.2, 0.25) is 0 Å². The van der Waals surface area contributed by atoms with Gasteiger partial charge in [0, 0.05) is 25.0 Å². The quantitative estimate of drug-likeness (QED) is 0.494. The molecule has 0 aliphatic carbocycles. The van der Waals surface area contributed by atoms with Crippen LogP contribution in [0.4, 0.5) is 17.5 Å². The summed E-state index contributed by atoms with van der Waals surface area (Å²) in [5, 5.41) is 6.53. The summed E-state index contributed by atoms with van der Waals surface area (Å²) in [6.45, 7) is 0.606. The number of hydrogen-bond acceptors (Lipinski definition) is 8. The molecule has 0 aliphatic rings. The largest absolute Gasteiger partial charge is 0.497 e. The SMILES string of the molecule is COc1ccc(Nc2nc(NCc3ccccc3)c3nccnc3n2)c(OC)c1. The maximum atomic E-state index is 5.44. The molecule has 0 atom stereocenters. The molecule has 0 amide bonds. The lowest BCUT2D eigenvalue weighted by Crippen LogP contribution is -2.07. The summed E-state index contributed by atoms with van der Waals surface area (Å²) in [5.41, 5.74) is 2.95. The molecule has 0 bridgehead atoms. The average Bonchev–Trinajstić information content (AvgIpc) is 2.78. The number of nitrogens with zero attached hydrogens (tertiary/aromatic N) is 4. The van der Waals surface area contributed by atoms with Crippen molar-refractivity contribution in [3.8, 4) is 11.5 Å². The van der Waals surface area contributed by atoms with E-state index >= 15 is 0 Å². The Kier molecular flexibility index (Phi) is 5.33. The monoisotopic (exact) mass is 388 g/mol. The number of anilines is 3. The van der Waals surface area contributed by atoms with Crippen LogP contribution >= 0.6 is 0 Å². The van der Waals surface area contributed by atoms with Gasteiger partial charge < -0.3 is 20.1 Å². The Hall–Kier alpha value is -3.94. The maximum absolute atomic E-state index is 5.44. The fourth-order valence-corrected chi connectivity index (χ4v) is 2.85. The van der Waals surface area contributed by atoms with Crippen LogP contribution in [-0.2, 0) is 6.54 Å². The van der Waals surface area contributed by atoms with Crippen molar-refractivity contribution in [2.45, 2.75) is 6.54 Å². The first-order chi connectivity index (χ1) is 14.3. The van der Waals surface area contributed by atoms with Gasteiger partial charge in [0.05, 0.1) is 19.9 Å². The van der Waals surface area contributed by atoms with Gasteiger partial charge in [-0.15, -0.1) is 0 Å². The van der Waals surface area contributed by atoms with Crippen molar-refractivity contribution < 1.29 is 9.47 Å². The van der Waals surface area contributed by atoms with Crippen LogP contribution in [0.15, 0.2) is 60.9 Å². The minimum absolute atomic E-state index is 0.386. The van der Waals surface area contributed by atoms with Crippen molar-refractivity contribution in [3.63, 3.8) is 0 Å². The van der Waals surface area contributed by atoms with E-state index in [1.807, 2.05) is 42.5 Å². The Morgan fingerprint density at radius 3 is 2.52 bits per heavy atom. The second-order valence-electron chi connectivity index (χ2n) is 6.15. The molecule has 0 fully saturated rings. The third-order valence-corrected chi connectivity index (χ3v) is 4.29. The van der Waals surface area contributed by atoms with Crippen LogP contribution in [0.1, 0.15) is 5.56 Å². The van der Waals surface area contributed by atoms with E-state index in [-0.39, 0.29) is 0 Å². The molecule has 4 rings (SSSR count). The number of fused-ring (bicyclic) bond motifs is 1. The first kappa shape index (κ1) is 18.4. The van der Waals surface area contributed by atoms with Gasteiger partial charge in [-0.3, -0.25) is 0 Å². The van der Waals surface area contributed by atoms with E-state index in [0.717, 1.165) is 5.56 Å². The molecular weight excluding hydrogens is 368 g/mol. The number of methoxy groups -OCH3 is 2. The van der Waals surface area contributed by atoms with Crippen LogP contribution in [0.3, 0.4) is 0 Å². The first-order valence-electron chi connectivity index (χ1n) is 9.02. The van der Waals surface area contributed by atoms with Gasteiger partial charge in [0.1, 0.15) is 11.5 Å². The molecule has 2 aromatic carbocycles. The Labute approximate surface area is 168 Å². The Bertz CT molecular complexity index is 1120. The smallest absolute Gasteiger partial charge is 0.231 e. The van der Waals surface area contributed by atoms with Crippen molar-refractivity contribution >= 4 is 28.6 Å². The Morgan fingerprint density at radius 2 is 1.72 bits per heavy atom. The minimum Gasteiger partial charge on any atom is -0.497 e. The van der Waals surface area contributed by atoms with E-state index < -0.39 is 0 Å². The van der Waals surface area contributed by atoms with Gasteiger partial charge >= 0.3 is 0 Å². The molecule has 0 radical (unpaired) electrons. The summed E-state index contributed by atoms with van der Waals surface area (Å²) < 4.78 is 10.7. The highest BCUT2D eigenvalue weighted by Gasteiger charge is 2.12. The highest BCUT2D eigenvalue weighted by Crippen LogP contribution is 2.31. The van der Waals surface area contributed by atoms with E-state index in [1.165, 1.54) is 0 Å². The fraction of sp³-hybridized carbons (Fsp3) is 0.143. The predicted octanol–water partition coefficient (Wildman–Crippen LogP) is 3.79. The normalized spacial score (nSPS) is 10.6. The summed E-state index contributed by atoms with van der Waals surface area (Å²) in [6, 6.07) is 15.5. The van der Waals surface area contributed by atoms with Crippen molar-refractivity contribution in [2.75, 3.05) is 24.9 Å². The molecule has 0 aliphatic heterocycles. The van der Waals surface area contributed by atoms with Gasteiger partial charge in [-0.1, -0.05) is 30.3 Å². The number of nitrogens with one attached hydrogen (secondary N) is 2. The lowest BCUT2D eigenvalue weighted by Gasteiger charge is -2.13. The zero-order valence-electron chi connectivity index (χ0n) is 16.1. The molecule has 29 heavy (non-hydrogen) atoms. The summed E-state index contributed by atoms with van der Waals surface area (Å²) >= 11 is 0. The second-order valence-corrected chi connectivity index (χ2v) is 6.15. The average molecular weight is 388 g/mol. The molecule has 0 saturated carbocycles. The molecule has 8 heteroatoms. The zero-order chi connectivity index (χ0) is 20.1. The molecule has 4 aromatic rings. The number of benzene rings is 2. The number of rotatable bonds is 7. The lowest BCUT2D eigenvalue weighted by molar-refractivity contribution is 0.395. The van der Waals surface area contributed by atoms with Gasteiger partial charge in [-0.25, -0.2) is 9.97 Å². The molecule has 8 nitrogen and oxygen atoms in total. The number of hydrogen-bond donors (Lipinski definition) is 2.